The second-order valence-corrected chi connectivity index (χ2v) is 13.2. The van der Waals surface area contributed by atoms with Crippen molar-refractivity contribution >= 4 is 35.3 Å². The molecular weight excluding hydrogens is 657 g/mol. The zero-order chi connectivity index (χ0) is 37.6. The van der Waals surface area contributed by atoms with E-state index in [0.29, 0.717) is 67.8 Å². The summed E-state index contributed by atoms with van der Waals surface area (Å²) in [5.41, 5.74) is 7.20. The molecule has 0 bridgehead atoms. The van der Waals surface area contributed by atoms with Crippen LogP contribution in [-0.2, 0) is 27.3 Å². The van der Waals surface area contributed by atoms with Crippen molar-refractivity contribution in [3.8, 4) is 5.75 Å². The van der Waals surface area contributed by atoms with Crippen molar-refractivity contribution in [3.63, 3.8) is 0 Å². The number of aromatic carboxylic acids is 1. The van der Waals surface area contributed by atoms with Crippen LogP contribution in [0.5, 0.6) is 5.75 Å². The van der Waals surface area contributed by atoms with E-state index >= 15 is 0 Å². The van der Waals surface area contributed by atoms with Crippen molar-refractivity contribution in [2.45, 2.75) is 52.5 Å². The third-order valence-electron chi connectivity index (χ3n) is 8.57. The number of nitrogens with one attached hydrogen (secondary N) is 2. The Hall–Kier alpha value is -5.30. The van der Waals surface area contributed by atoms with Gasteiger partial charge in [0.15, 0.2) is 0 Å². The summed E-state index contributed by atoms with van der Waals surface area (Å²) < 4.78 is 19.4. The molecule has 0 fully saturated rings. The maximum atomic E-state index is 13.6. The van der Waals surface area contributed by atoms with Gasteiger partial charge in [0.05, 0.1) is 18.7 Å². The smallest absolute Gasteiger partial charge is 0.338 e. The number of anilines is 1. The van der Waals surface area contributed by atoms with Gasteiger partial charge in [0.2, 0.25) is 17.7 Å². The molecule has 0 atom stereocenters. The van der Waals surface area contributed by atoms with Gasteiger partial charge in [0, 0.05) is 51.3 Å². The second kappa shape index (κ2) is 19.2. The summed E-state index contributed by atoms with van der Waals surface area (Å²) in [5, 5.41) is 14.5. The molecule has 0 aliphatic carbocycles. The summed E-state index contributed by atoms with van der Waals surface area (Å²) in [6, 6.07) is 17.6. The van der Waals surface area contributed by atoms with Gasteiger partial charge in [-0.05, 0) is 84.3 Å². The Labute approximate surface area is 298 Å². The van der Waals surface area contributed by atoms with E-state index in [-0.39, 0.29) is 48.7 Å². The third kappa shape index (κ3) is 13.5. The van der Waals surface area contributed by atoms with E-state index in [9.17, 15) is 28.4 Å². The molecule has 3 rings (SSSR count). The third-order valence-corrected chi connectivity index (χ3v) is 8.57. The number of carboxylic acid groups (broad SMARTS) is 1. The highest BCUT2D eigenvalue weighted by molar-refractivity contribution is 5.94. The molecule has 5 N–H and O–H groups in total. The number of carbonyl (C=O) groups is 5. The van der Waals surface area contributed by atoms with Crippen LogP contribution in [0.25, 0.3) is 0 Å². The Kier molecular flexibility index (Phi) is 15.1. The predicted octanol–water partition coefficient (Wildman–Crippen LogP) is 4.48. The first-order valence-electron chi connectivity index (χ1n) is 16.8. The molecule has 0 aliphatic rings. The van der Waals surface area contributed by atoms with Crippen LogP contribution >= 0.6 is 0 Å². The highest BCUT2D eigenvalue weighted by Gasteiger charge is 2.23. The number of halogens is 1. The molecule has 0 radical (unpaired) electrons. The summed E-state index contributed by atoms with van der Waals surface area (Å²) in [6.45, 7) is 5.26. The van der Waals surface area contributed by atoms with Gasteiger partial charge in [0.1, 0.15) is 18.2 Å². The highest BCUT2D eigenvalue weighted by atomic mass is 19.1. The minimum atomic E-state index is -1.38. The van der Waals surface area contributed by atoms with Gasteiger partial charge >= 0.3 is 5.97 Å². The summed E-state index contributed by atoms with van der Waals surface area (Å²) in [7, 11) is 3.50. The SMILES string of the molecule is CN(CCOc1ccc(C(=O)NCc2ccc(F)c(C(=O)O)c2)cc1)C(=O)CCC(C)(C)CCC(=O)N(C)CCc1ccc(NC(=O)CN)cc1. The van der Waals surface area contributed by atoms with Gasteiger partial charge < -0.3 is 36.0 Å². The summed E-state index contributed by atoms with van der Waals surface area (Å²) in [4.78, 5) is 64.0. The lowest BCUT2D eigenvalue weighted by Gasteiger charge is -2.27. The van der Waals surface area contributed by atoms with Crippen molar-refractivity contribution in [1.29, 1.82) is 0 Å². The average molecular weight is 706 g/mol. The van der Waals surface area contributed by atoms with Crippen molar-refractivity contribution in [3.05, 3.63) is 94.8 Å². The van der Waals surface area contributed by atoms with Gasteiger partial charge in [-0.1, -0.05) is 32.0 Å². The number of hydrogen-bond acceptors (Lipinski definition) is 7. The van der Waals surface area contributed by atoms with E-state index in [1.54, 1.807) is 48.2 Å². The number of carboxylic acids is 1. The standard InChI is InChI=1S/C38H48FN5O7/c1-38(2,18-15-34(46)43(3)20-17-26-5-10-29(11-6-26)42-33(45)24-40)19-16-35(47)44(4)21-22-51-30-12-8-28(9-13-30)36(48)41-25-27-7-14-32(39)31(23-27)37(49)50/h5-14,23H,15-22,24-25,40H2,1-4H3,(H,41,48)(H,42,45)(H,49,50). The fraction of sp³-hybridized carbons (Fsp3) is 0.395. The van der Waals surface area contributed by atoms with Crippen LogP contribution in [0.15, 0.2) is 66.7 Å². The number of rotatable bonds is 19. The number of amides is 4. The van der Waals surface area contributed by atoms with Crippen molar-refractivity contribution in [2.75, 3.05) is 45.7 Å². The van der Waals surface area contributed by atoms with E-state index in [1.807, 2.05) is 24.3 Å². The molecule has 4 amide bonds. The number of nitrogens with zero attached hydrogens (tertiary/aromatic N) is 2. The number of carbonyl (C=O) groups excluding carboxylic acids is 4. The molecule has 3 aromatic rings. The van der Waals surface area contributed by atoms with E-state index in [0.717, 1.165) is 11.6 Å². The van der Waals surface area contributed by atoms with Gasteiger partial charge in [-0.3, -0.25) is 19.2 Å². The molecule has 0 aliphatic heterocycles. The second-order valence-electron chi connectivity index (χ2n) is 13.2. The van der Waals surface area contributed by atoms with Crippen LogP contribution in [0.3, 0.4) is 0 Å². The molecule has 0 unspecified atom stereocenters. The van der Waals surface area contributed by atoms with Gasteiger partial charge in [-0.25, -0.2) is 9.18 Å². The van der Waals surface area contributed by atoms with E-state index in [2.05, 4.69) is 24.5 Å². The van der Waals surface area contributed by atoms with Crippen LogP contribution in [-0.4, -0.2) is 84.8 Å². The van der Waals surface area contributed by atoms with Crippen molar-refractivity contribution in [1.82, 2.24) is 15.1 Å². The van der Waals surface area contributed by atoms with Crippen molar-refractivity contribution in [2.24, 2.45) is 11.1 Å². The molecule has 12 nitrogen and oxygen atoms in total. The Morgan fingerprint density at radius 3 is 2.02 bits per heavy atom. The molecular formula is C38H48FN5O7. The summed E-state index contributed by atoms with van der Waals surface area (Å²) in [6.07, 6.45) is 2.69. The monoisotopic (exact) mass is 705 g/mol. The maximum Gasteiger partial charge on any atom is 0.338 e. The number of likely N-dealkylation sites (N-methyl/N-ethyl adjacent to an activating group) is 2. The molecule has 0 saturated carbocycles. The largest absolute Gasteiger partial charge is 0.492 e. The summed E-state index contributed by atoms with van der Waals surface area (Å²) in [5.74, 6) is -2.32. The molecule has 0 heterocycles. The molecule has 274 valence electrons. The Morgan fingerprint density at radius 1 is 0.843 bits per heavy atom. The van der Waals surface area contributed by atoms with E-state index in [4.69, 9.17) is 15.6 Å². The fourth-order valence-corrected chi connectivity index (χ4v) is 5.04. The van der Waals surface area contributed by atoms with E-state index in [1.165, 1.54) is 12.1 Å². The Morgan fingerprint density at radius 2 is 1.43 bits per heavy atom. The van der Waals surface area contributed by atoms with Gasteiger partial charge in [-0.2, -0.15) is 0 Å². The number of hydrogen-bond donors (Lipinski definition) is 4. The molecule has 3 aromatic carbocycles. The summed E-state index contributed by atoms with van der Waals surface area (Å²) >= 11 is 0. The number of benzene rings is 3. The van der Waals surface area contributed by atoms with Crippen LogP contribution in [0, 0.1) is 11.2 Å². The van der Waals surface area contributed by atoms with Gasteiger partial charge in [0.25, 0.3) is 5.91 Å². The topological polar surface area (TPSA) is 171 Å². The normalized spacial score (nSPS) is 11.0. The Bertz CT molecular complexity index is 1660. The lowest BCUT2D eigenvalue weighted by Crippen LogP contribution is -2.32. The first kappa shape index (κ1) is 40.1. The molecule has 0 saturated heterocycles. The van der Waals surface area contributed by atoms with Crippen LogP contribution in [0.4, 0.5) is 10.1 Å². The Balaban J connectivity index is 1.33. The minimum absolute atomic E-state index is 0.0209. The first-order chi connectivity index (χ1) is 24.2. The lowest BCUT2D eigenvalue weighted by atomic mass is 9.83. The van der Waals surface area contributed by atoms with Crippen LogP contribution in [0.2, 0.25) is 0 Å². The minimum Gasteiger partial charge on any atom is -0.492 e. The molecule has 51 heavy (non-hydrogen) atoms. The number of ether oxygens (including phenoxy) is 1. The molecule has 13 heteroatoms. The van der Waals surface area contributed by atoms with E-state index < -0.39 is 17.3 Å². The average Bonchev–Trinajstić information content (AvgIpc) is 3.12. The quantitative estimate of drug-likeness (QED) is 0.142. The van der Waals surface area contributed by atoms with Crippen LogP contribution < -0.4 is 21.1 Å². The highest BCUT2D eigenvalue weighted by Crippen LogP contribution is 2.29. The lowest BCUT2D eigenvalue weighted by molar-refractivity contribution is -0.131. The zero-order valence-corrected chi connectivity index (χ0v) is 29.7. The van der Waals surface area contributed by atoms with Crippen molar-refractivity contribution < 1.29 is 38.2 Å². The van der Waals surface area contributed by atoms with Crippen LogP contribution in [0.1, 0.15) is 71.4 Å². The predicted molar refractivity (Wildman–Crippen MR) is 192 cm³/mol. The first-order valence-corrected chi connectivity index (χ1v) is 16.8. The molecule has 0 aromatic heterocycles. The maximum absolute atomic E-state index is 13.6. The zero-order valence-electron chi connectivity index (χ0n) is 29.7. The molecule has 0 spiro atoms. The van der Waals surface area contributed by atoms with Gasteiger partial charge in [-0.15, -0.1) is 0 Å². The number of nitrogens with two attached hydrogens (primary N) is 1. The fourth-order valence-electron chi connectivity index (χ4n) is 5.04.